The third kappa shape index (κ3) is 5.32. The maximum absolute atomic E-state index is 11.5. The summed E-state index contributed by atoms with van der Waals surface area (Å²) in [4.78, 5) is 16.4. The van der Waals surface area contributed by atoms with E-state index in [0.717, 1.165) is 52.4 Å². The number of aliphatic hydroxyl groups is 1. The number of methoxy groups -OCH3 is 1. The lowest BCUT2D eigenvalue weighted by atomic mass is 9.95. The van der Waals surface area contributed by atoms with Gasteiger partial charge >= 0.3 is 5.97 Å². The molecule has 192 valence electrons. The number of carbonyl (C=O) groups is 1. The summed E-state index contributed by atoms with van der Waals surface area (Å²) in [6, 6.07) is 19.2. The number of aromatic nitrogens is 2. The fourth-order valence-corrected chi connectivity index (χ4v) is 5.23. The van der Waals surface area contributed by atoms with Crippen LogP contribution < -0.4 is 9.47 Å². The van der Waals surface area contributed by atoms with E-state index in [1.165, 1.54) is 19.3 Å². The van der Waals surface area contributed by atoms with Crippen LogP contribution in [0.4, 0.5) is 0 Å². The van der Waals surface area contributed by atoms with Crippen molar-refractivity contribution >= 4 is 17.0 Å². The van der Waals surface area contributed by atoms with Gasteiger partial charge in [-0.1, -0.05) is 25.3 Å². The number of aliphatic hydroxyl groups excluding tert-OH is 1. The predicted octanol–water partition coefficient (Wildman–Crippen LogP) is 6.03. The number of ether oxygens (including phenoxy) is 2. The topological polar surface area (TPSA) is 93.8 Å². The minimum Gasteiger partial charge on any atom is -0.497 e. The highest BCUT2D eigenvalue weighted by molar-refractivity contribution is 5.93. The maximum Gasteiger partial charge on any atom is 0.335 e. The van der Waals surface area contributed by atoms with Crippen molar-refractivity contribution in [3.05, 3.63) is 77.4 Å². The Morgan fingerprint density at radius 1 is 0.973 bits per heavy atom. The molecule has 1 aliphatic rings. The number of carboxylic acid groups (broad SMARTS) is 1. The Bertz CT molecular complexity index is 1390. The minimum absolute atomic E-state index is 0.0734. The molecule has 4 aromatic rings. The van der Waals surface area contributed by atoms with Gasteiger partial charge in [0.1, 0.15) is 23.9 Å². The quantitative estimate of drug-likeness (QED) is 0.291. The Morgan fingerprint density at radius 2 is 1.73 bits per heavy atom. The molecule has 1 heterocycles. The van der Waals surface area contributed by atoms with Crippen molar-refractivity contribution < 1.29 is 24.5 Å². The molecule has 0 unspecified atom stereocenters. The largest absolute Gasteiger partial charge is 0.497 e. The van der Waals surface area contributed by atoms with Gasteiger partial charge in [0.2, 0.25) is 0 Å². The number of benzene rings is 3. The molecular weight excluding hydrogens is 468 g/mol. The second-order valence-corrected chi connectivity index (χ2v) is 9.53. The van der Waals surface area contributed by atoms with Crippen molar-refractivity contribution in [3.8, 4) is 22.9 Å². The lowest BCUT2D eigenvalue weighted by Gasteiger charge is -2.25. The van der Waals surface area contributed by atoms with Crippen LogP contribution in [0.1, 0.15) is 59.6 Å². The van der Waals surface area contributed by atoms with E-state index in [0.29, 0.717) is 24.6 Å². The number of fused-ring (bicyclic) bond motifs is 1. The molecule has 0 radical (unpaired) electrons. The normalized spacial score (nSPS) is 14.1. The number of carboxylic acids is 1. The predicted molar refractivity (Wildman–Crippen MR) is 142 cm³/mol. The van der Waals surface area contributed by atoms with Crippen molar-refractivity contribution in [1.29, 1.82) is 0 Å². The molecule has 0 spiro atoms. The molecule has 5 rings (SSSR count). The highest BCUT2D eigenvalue weighted by atomic mass is 16.5. The molecule has 37 heavy (non-hydrogen) atoms. The fourth-order valence-electron chi connectivity index (χ4n) is 5.23. The Morgan fingerprint density at radius 3 is 2.43 bits per heavy atom. The van der Waals surface area contributed by atoms with E-state index in [9.17, 15) is 15.0 Å². The second-order valence-electron chi connectivity index (χ2n) is 9.53. The van der Waals surface area contributed by atoms with E-state index in [-0.39, 0.29) is 12.2 Å². The maximum atomic E-state index is 11.5. The van der Waals surface area contributed by atoms with Crippen molar-refractivity contribution in [1.82, 2.24) is 9.55 Å². The van der Waals surface area contributed by atoms with Crippen molar-refractivity contribution in [2.45, 2.75) is 51.2 Å². The number of hydrogen-bond acceptors (Lipinski definition) is 5. The minimum atomic E-state index is -0.949. The first-order chi connectivity index (χ1) is 18.1. The zero-order chi connectivity index (χ0) is 25.8. The molecule has 1 aliphatic carbocycles. The molecule has 1 saturated carbocycles. The molecule has 0 aliphatic heterocycles. The summed E-state index contributed by atoms with van der Waals surface area (Å²) in [7, 11) is 1.63. The van der Waals surface area contributed by atoms with Crippen LogP contribution in [0.2, 0.25) is 0 Å². The molecule has 3 aromatic carbocycles. The zero-order valence-corrected chi connectivity index (χ0v) is 21.0. The highest BCUT2D eigenvalue weighted by Crippen LogP contribution is 2.36. The van der Waals surface area contributed by atoms with Crippen molar-refractivity contribution in [3.63, 3.8) is 0 Å². The van der Waals surface area contributed by atoms with Gasteiger partial charge in [-0.15, -0.1) is 0 Å². The van der Waals surface area contributed by atoms with E-state index in [1.807, 2.05) is 48.5 Å². The van der Waals surface area contributed by atoms with Gasteiger partial charge in [-0.3, -0.25) is 0 Å². The lowest BCUT2D eigenvalue weighted by molar-refractivity contribution is 0.0697. The summed E-state index contributed by atoms with van der Waals surface area (Å²) in [6.45, 7) is 0.439. The van der Waals surface area contributed by atoms with E-state index < -0.39 is 5.97 Å². The molecule has 1 fully saturated rings. The summed E-state index contributed by atoms with van der Waals surface area (Å²) in [6.07, 6.45) is 6.37. The van der Waals surface area contributed by atoms with E-state index in [1.54, 1.807) is 19.2 Å². The summed E-state index contributed by atoms with van der Waals surface area (Å²) >= 11 is 0. The van der Waals surface area contributed by atoms with Gasteiger partial charge in [-0.25, -0.2) is 9.78 Å². The Labute approximate surface area is 216 Å². The second kappa shape index (κ2) is 11.0. The third-order valence-corrected chi connectivity index (χ3v) is 7.18. The Balaban J connectivity index is 1.43. The van der Waals surface area contributed by atoms with Gasteiger partial charge in [0.15, 0.2) is 0 Å². The van der Waals surface area contributed by atoms with Gasteiger partial charge in [-0.05, 0) is 85.0 Å². The lowest BCUT2D eigenvalue weighted by Crippen LogP contribution is -2.14. The van der Waals surface area contributed by atoms with Crippen molar-refractivity contribution in [2.24, 2.45) is 0 Å². The Kier molecular flexibility index (Phi) is 7.42. The Hall–Kier alpha value is -3.84. The van der Waals surface area contributed by atoms with E-state index >= 15 is 0 Å². The van der Waals surface area contributed by atoms with Crippen molar-refractivity contribution in [2.75, 3.05) is 13.7 Å². The summed E-state index contributed by atoms with van der Waals surface area (Å²) < 4.78 is 13.7. The molecule has 2 N–H and O–H groups in total. The SMILES string of the molecule is COc1ccc(CCO)c(COc2ccc(-c3nc4cc(C(=O)O)ccc4n3C3CCCCC3)cc2)c1. The first-order valence-electron chi connectivity index (χ1n) is 12.8. The monoisotopic (exact) mass is 500 g/mol. The number of aromatic carboxylic acids is 1. The van der Waals surface area contributed by atoms with Gasteiger partial charge in [-0.2, -0.15) is 0 Å². The summed E-state index contributed by atoms with van der Waals surface area (Å²) in [5, 5.41) is 18.9. The van der Waals surface area contributed by atoms with Crippen LogP contribution in [0.15, 0.2) is 60.7 Å². The summed E-state index contributed by atoms with van der Waals surface area (Å²) in [5.41, 5.74) is 4.90. The molecule has 7 nitrogen and oxygen atoms in total. The van der Waals surface area contributed by atoms with E-state index in [4.69, 9.17) is 14.5 Å². The molecule has 0 atom stereocenters. The zero-order valence-electron chi connectivity index (χ0n) is 21.0. The first kappa shape index (κ1) is 24.8. The third-order valence-electron chi connectivity index (χ3n) is 7.18. The van der Waals surface area contributed by atoms with Crippen LogP contribution in [0.5, 0.6) is 11.5 Å². The molecular formula is C30H32N2O5. The molecule has 0 saturated heterocycles. The van der Waals surface area contributed by atoms with Crippen LogP contribution >= 0.6 is 0 Å². The van der Waals surface area contributed by atoms with E-state index in [2.05, 4.69) is 4.57 Å². The first-order valence-corrected chi connectivity index (χ1v) is 12.8. The standard InChI is InChI=1S/C30H32N2O5/c1-36-26-13-7-20(15-16-33)23(17-26)19-37-25-11-8-21(9-12-25)29-31-27-18-22(30(34)35)10-14-28(27)32(29)24-5-3-2-4-6-24/h7-14,17-18,24,33H,2-6,15-16,19H2,1H3,(H,34,35). The molecule has 0 bridgehead atoms. The number of hydrogen-bond donors (Lipinski definition) is 2. The van der Waals surface area contributed by atoms with Gasteiger partial charge in [0.05, 0.1) is 23.7 Å². The highest BCUT2D eigenvalue weighted by Gasteiger charge is 2.23. The average Bonchev–Trinajstić information content (AvgIpc) is 3.32. The van der Waals surface area contributed by atoms with Gasteiger partial charge in [0.25, 0.3) is 0 Å². The molecule has 1 aromatic heterocycles. The number of imidazole rings is 1. The van der Waals surface area contributed by atoms with Crippen LogP contribution in [0, 0.1) is 0 Å². The van der Waals surface area contributed by atoms with Crippen LogP contribution in [-0.4, -0.2) is 39.5 Å². The molecule has 7 heteroatoms. The fraction of sp³-hybridized carbons (Fsp3) is 0.333. The van der Waals surface area contributed by atoms with Gasteiger partial charge in [0, 0.05) is 18.2 Å². The molecule has 0 amide bonds. The number of nitrogens with zero attached hydrogens (tertiary/aromatic N) is 2. The van der Waals surface area contributed by atoms with Crippen LogP contribution in [0.3, 0.4) is 0 Å². The van der Waals surface area contributed by atoms with Crippen LogP contribution in [-0.2, 0) is 13.0 Å². The summed E-state index contributed by atoms with van der Waals surface area (Å²) in [5.74, 6) is 1.39. The smallest absolute Gasteiger partial charge is 0.335 e. The van der Waals surface area contributed by atoms with Gasteiger partial charge < -0.3 is 24.3 Å². The number of rotatable bonds is 9. The van der Waals surface area contributed by atoms with Crippen LogP contribution in [0.25, 0.3) is 22.4 Å². The average molecular weight is 501 g/mol.